The van der Waals surface area contributed by atoms with Crippen LogP contribution < -0.4 is 15.0 Å². The van der Waals surface area contributed by atoms with Gasteiger partial charge in [0.05, 0.1) is 7.11 Å². The third-order valence-corrected chi connectivity index (χ3v) is 6.22. The first-order valence-electron chi connectivity index (χ1n) is 10.7. The van der Waals surface area contributed by atoms with Crippen LogP contribution in [0.1, 0.15) is 24.3 Å². The van der Waals surface area contributed by atoms with Crippen molar-refractivity contribution < 1.29 is 4.74 Å². The van der Waals surface area contributed by atoms with Crippen LogP contribution in [-0.4, -0.2) is 57.7 Å². The highest BCUT2D eigenvalue weighted by Crippen LogP contribution is 2.28. The van der Waals surface area contributed by atoms with Gasteiger partial charge in [0.2, 0.25) is 0 Å². The van der Waals surface area contributed by atoms with Crippen molar-refractivity contribution in [2.24, 2.45) is 10.9 Å². The number of methoxy groups -OCH3 is 1. The first-order chi connectivity index (χ1) is 14.3. The maximum Gasteiger partial charge on any atom is 0.193 e. The van der Waals surface area contributed by atoms with E-state index in [9.17, 15) is 0 Å². The van der Waals surface area contributed by atoms with E-state index in [1.54, 1.807) is 7.11 Å². The third kappa shape index (κ3) is 4.66. The summed E-state index contributed by atoms with van der Waals surface area (Å²) in [6, 6.07) is 19.2. The quantitative estimate of drug-likeness (QED) is 0.624. The molecule has 2 fully saturated rings. The van der Waals surface area contributed by atoms with Crippen LogP contribution in [0.4, 0.5) is 5.69 Å². The molecular weight excluding hydrogens is 360 g/mol. The number of hydrogen-bond acceptors (Lipinski definition) is 3. The van der Waals surface area contributed by atoms with Gasteiger partial charge in [0.25, 0.3) is 0 Å². The van der Waals surface area contributed by atoms with Crippen molar-refractivity contribution in [1.82, 2.24) is 10.2 Å². The minimum Gasteiger partial charge on any atom is -0.497 e. The summed E-state index contributed by atoms with van der Waals surface area (Å²) in [5.41, 5.74) is 2.69. The highest BCUT2D eigenvalue weighted by atomic mass is 16.5. The smallest absolute Gasteiger partial charge is 0.193 e. The Bertz CT molecular complexity index is 823. The Labute approximate surface area is 174 Å². The Balaban J connectivity index is 1.28. The van der Waals surface area contributed by atoms with E-state index in [1.165, 1.54) is 24.1 Å². The number of guanidine groups is 1. The van der Waals surface area contributed by atoms with Crippen molar-refractivity contribution in [3.8, 4) is 5.75 Å². The molecule has 5 nitrogen and oxygen atoms in total. The lowest BCUT2D eigenvalue weighted by molar-refractivity contribution is 0.415. The van der Waals surface area contributed by atoms with Crippen LogP contribution >= 0.6 is 0 Å². The average molecular weight is 393 g/mol. The molecule has 4 rings (SSSR count). The maximum atomic E-state index is 5.37. The standard InChI is InChI=1S/C24H32N4O/c1-25-24(28-14-12-21(18-28)20-7-4-3-5-8-20)26-16-19-11-13-27(17-19)22-9-6-10-23(15-22)29-2/h3-10,15,19,21H,11-14,16-18H2,1-2H3,(H,25,26). The Kier molecular flexibility index (Phi) is 6.23. The van der Waals surface area contributed by atoms with Gasteiger partial charge >= 0.3 is 0 Å². The summed E-state index contributed by atoms with van der Waals surface area (Å²) in [5, 5.41) is 3.64. The maximum absolute atomic E-state index is 5.37. The molecule has 0 amide bonds. The van der Waals surface area contributed by atoms with E-state index >= 15 is 0 Å². The molecule has 0 spiro atoms. The van der Waals surface area contributed by atoms with Crippen LogP contribution in [0.25, 0.3) is 0 Å². The molecule has 0 aliphatic carbocycles. The van der Waals surface area contributed by atoms with Crippen LogP contribution in [0.5, 0.6) is 5.75 Å². The molecule has 2 aliphatic heterocycles. The summed E-state index contributed by atoms with van der Waals surface area (Å²) in [7, 11) is 3.62. The van der Waals surface area contributed by atoms with Crippen LogP contribution in [0.15, 0.2) is 59.6 Å². The molecule has 0 aromatic heterocycles. The lowest BCUT2D eigenvalue weighted by Gasteiger charge is -2.24. The number of hydrogen-bond donors (Lipinski definition) is 1. The molecule has 2 unspecified atom stereocenters. The molecule has 0 bridgehead atoms. The fourth-order valence-electron chi connectivity index (χ4n) is 4.56. The van der Waals surface area contributed by atoms with Crippen LogP contribution in [0.2, 0.25) is 0 Å². The number of nitrogens with one attached hydrogen (secondary N) is 1. The summed E-state index contributed by atoms with van der Waals surface area (Å²) in [6.45, 7) is 5.26. The van der Waals surface area contributed by atoms with Crippen molar-refractivity contribution in [3.63, 3.8) is 0 Å². The summed E-state index contributed by atoms with van der Waals surface area (Å²) in [6.07, 6.45) is 2.39. The first-order valence-corrected chi connectivity index (χ1v) is 10.7. The fourth-order valence-corrected chi connectivity index (χ4v) is 4.56. The second kappa shape index (κ2) is 9.21. The second-order valence-corrected chi connectivity index (χ2v) is 8.07. The first kappa shape index (κ1) is 19.6. The van der Waals surface area contributed by atoms with Crippen molar-refractivity contribution >= 4 is 11.6 Å². The average Bonchev–Trinajstić information content (AvgIpc) is 3.45. The summed E-state index contributed by atoms with van der Waals surface area (Å²) in [5.74, 6) is 3.20. The third-order valence-electron chi connectivity index (χ3n) is 6.22. The monoisotopic (exact) mass is 392 g/mol. The highest BCUT2D eigenvalue weighted by Gasteiger charge is 2.27. The zero-order valence-electron chi connectivity index (χ0n) is 17.6. The normalized spacial score (nSPS) is 22.2. The Morgan fingerprint density at radius 2 is 1.93 bits per heavy atom. The van der Waals surface area contributed by atoms with Gasteiger partial charge in [-0.25, -0.2) is 0 Å². The van der Waals surface area contributed by atoms with Gasteiger partial charge in [0.1, 0.15) is 5.75 Å². The molecule has 29 heavy (non-hydrogen) atoms. The number of benzene rings is 2. The van der Waals surface area contributed by atoms with E-state index < -0.39 is 0 Å². The molecule has 2 aliphatic rings. The highest BCUT2D eigenvalue weighted by molar-refractivity contribution is 5.80. The number of ether oxygens (including phenoxy) is 1. The topological polar surface area (TPSA) is 40.1 Å². The number of likely N-dealkylation sites (tertiary alicyclic amines) is 1. The summed E-state index contributed by atoms with van der Waals surface area (Å²) in [4.78, 5) is 9.43. The van der Waals surface area contributed by atoms with Crippen molar-refractivity contribution in [2.45, 2.75) is 18.8 Å². The number of rotatable bonds is 5. The molecule has 2 aromatic carbocycles. The molecule has 2 aromatic rings. The molecule has 1 N–H and O–H groups in total. The SMILES string of the molecule is CN=C(NCC1CCN(c2cccc(OC)c2)C1)N1CCC(c2ccccc2)C1. The van der Waals surface area contributed by atoms with E-state index in [1.807, 2.05) is 13.1 Å². The van der Waals surface area contributed by atoms with Gasteiger partial charge in [-0.1, -0.05) is 36.4 Å². The van der Waals surface area contributed by atoms with Gasteiger partial charge in [-0.3, -0.25) is 4.99 Å². The molecule has 0 radical (unpaired) electrons. The second-order valence-electron chi connectivity index (χ2n) is 8.07. The molecular formula is C24H32N4O. The van der Waals surface area contributed by atoms with Gasteiger partial charge in [0, 0.05) is 57.4 Å². The molecule has 5 heteroatoms. The van der Waals surface area contributed by atoms with Gasteiger partial charge in [-0.2, -0.15) is 0 Å². The molecule has 0 saturated carbocycles. The van der Waals surface area contributed by atoms with Crippen molar-refractivity contribution in [1.29, 1.82) is 0 Å². The Morgan fingerprint density at radius 3 is 2.72 bits per heavy atom. The lowest BCUT2D eigenvalue weighted by atomic mass is 9.99. The number of anilines is 1. The number of nitrogens with zero attached hydrogens (tertiary/aromatic N) is 3. The Morgan fingerprint density at radius 1 is 1.07 bits per heavy atom. The molecule has 2 atom stereocenters. The molecule has 154 valence electrons. The zero-order chi connectivity index (χ0) is 20.1. The van der Waals surface area contributed by atoms with E-state index in [2.05, 4.69) is 68.6 Å². The zero-order valence-corrected chi connectivity index (χ0v) is 17.6. The van der Waals surface area contributed by atoms with Gasteiger partial charge in [-0.15, -0.1) is 0 Å². The van der Waals surface area contributed by atoms with Crippen molar-refractivity contribution in [3.05, 3.63) is 60.2 Å². The lowest BCUT2D eigenvalue weighted by Crippen LogP contribution is -2.42. The summed E-state index contributed by atoms with van der Waals surface area (Å²) < 4.78 is 5.37. The van der Waals surface area contributed by atoms with Gasteiger partial charge in [-0.05, 0) is 36.5 Å². The summed E-state index contributed by atoms with van der Waals surface area (Å²) >= 11 is 0. The number of aliphatic imine (C=N–C) groups is 1. The van der Waals surface area contributed by atoms with Crippen molar-refractivity contribution in [2.75, 3.05) is 51.8 Å². The minimum absolute atomic E-state index is 0.602. The predicted octanol–water partition coefficient (Wildman–Crippen LogP) is 3.59. The van der Waals surface area contributed by atoms with E-state index in [4.69, 9.17) is 4.74 Å². The minimum atomic E-state index is 0.602. The van der Waals surface area contributed by atoms with E-state index in [0.717, 1.165) is 44.4 Å². The van der Waals surface area contributed by atoms with Gasteiger partial charge in [0.15, 0.2) is 5.96 Å². The van der Waals surface area contributed by atoms with Gasteiger partial charge < -0.3 is 19.9 Å². The largest absolute Gasteiger partial charge is 0.497 e. The fraction of sp³-hybridized carbons (Fsp3) is 0.458. The molecule has 2 saturated heterocycles. The van der Waals surface area contributed by atoms with Crippen LogP contribution in [0, 0.1) is 5.92 Å². The molecule has 2 heterocycles. The van der Waals surface area contributed by atoms with E-state index in [0.29, 0.717) is 11.8 Å². The predicted molar refractivity (Wildman–Crippen MR) is 120 cm³/mol. The Hall–Kier alpha value is -2.69. The van der Waals surface area contributed by atoms with Crippen LogP contribution in [0.3, 0.4) is 0 Å². The van der Waals surface area contributed by atoms with E-state index in [-0.39, 0.29) is 0 Å². The van der Waals surface area contributed by atoms with Crippen LogP contribution in [-0.2, 0) is 0 Å².